The summed E-state index contributed by atoms with van der Waals surface area (Å²) in [6, 6.07) is 5.77. The van der Waals surface area contributed by atoms with Gasteiger partial charge in [0.1, 0.15) is 0 Å². The Morgan fingerprint density at radius 3 is 2.86 bits per heavy atom. The quantitative estimate of drug-likeness (QED) is 0.615. The van der Waals surface area contributed by atoms with E-state index in [1.54, 1.807) is 16.9 Å². The number of pyridine rings is 1. The van der Waals surface area contributed by atoms with Gasteiger partial charge in [-0.3, -0.25) is 4.98 Å². The molecule has 0 unspecified atom stereocenters. The van der Waals surface area contributed by atoms with Gasteiger partial charge >= 0.3 is 0 Å². The van der Waals surface area contributed by atoms with Gasteiger partial charge in [0.25, 0.3) is 0 Å². The Hall–Kier alpha value is -2.32. The summed E-state index contributed by atoms with van der Waals surface area (Å²) in [5.41, 5.74) is 7.88. The Labute approximate surface area is 127 Å². The zero-order valence-corrected chi connectivity index (χ0v) is 12.6. The third-order valence-corrected chi connectivity index (χ3v) is 5.16. The number of nitrogens with two attached hydrogens (primary N) is 1. The second-order valence-corrected chi connectivity index (χ2v) is 6.57. The molecule has 0 saturated heterocycles. The van der Waals surface area contributed by atoms with E-state index in [2.05, 4.69) is 20.3 Å². The zero-order chi connectivity index (χ0) is 14.4. The summed E-state index contributed by atoms with van der Waals surface area (Å²) in [6.07, 6.45) is 3.48. The van der Waals surface area contributed by atoms with Gasteiger partial charge in [-0.05, 0) is 30.7 Å². The lowest BCUT2D eigenvalue weighted by molar-refractivity contribution is 0.969. The van der Waals surface area contributed by atoms with Crippen molar-refractivity contribution in [2.24, 2.45) is 0 Å². The monoisotopic (exact) mass is 314 g/mol. The fourth-order valence-electron chi connectivity index (χ4n) is 2.10. The van der Waals surface area contributed by atoms with E-state index in [0.29, 0.717) is 5.82 Å². The molecule has 8 heteroatoms. The number of hydrogen-bond acceptors (Lipinski definition) is 7. The van der Waals surface area contributed by atoms with Crippen LogP contribution in [0.2, 0.25) is 0 Å². The lowest BCUT2D eigenvalue weighted by Gasteiger charge is -1.95. The van der Waals surface area contributed by atoms with Crippen molar-refractivity contribution >= 4 is 32.6 Å². The summed E-state index contributed by atoms with van der Waals surface area (Å²) in [4.78, 5) is 5.95. The largest absolute Gasteiger partial charge is 0.391 e. The van der Waals surface area contributed by atoms with E-state index in [1.807, 2.05) is 25.1 Å². The molecule has 0 aromatic carbocycles. The molecule has 0 spiro atoms. The SMILES string of the molecule is Cc1cc(N)sc1-c1nn2c(-c3cccnc3)nnc2s1. The van der Waals surface area contributed by atoms with Gasteiger partial charge in [0, 0.05) is 18.0 Å². The molecule has 4 aromatic heterocycles. The molecule has 21 heavy (non-hydrogen) atoms. The molecule has 0 saturated carbocycles. The van der Waals surface area contributed by atoms with Crippen LogP contribution in [0.1, 0.15) is 5.56 Å². The van der Waals surface area contributed by atoms with E-state index in [0.717, 1.165) is 31.0 Å². The molecule has 4 heterocycles. The second-order valence-electron chi connectivity index (χ2n) is 4.53. The van der Waals surface area contributed by atoms with Gasteiger partial charge in [-0.2, -0.15) is 9.61 Å². The first-order valence-corrected chi connectivity index (χ1v) is 7.84. The van der Waals surface area contributed by atoms with Crippen molar-refractivity contribution in [2.75, 3.05) is 5.73 Å². The van der Waals surface area contributed by atoms with Crippen LogP contribution in [0.3, 0.4) is 0 Å². The number of aryl methyl sites for hydroxylation is 1. The first kappa shape index (κ1) is 12.4. The Bertz CT molecular complexity index is 921. The second kappa shape index (κ2) is 4.61. The molecule has 6 nitrogen and oxygen atoms in total. The van der Waals surface area contributed by atoms with Crippen molar-refractivity contribution in [3.63, 3.8) is 0 Å². The van der Waals surface area contributed by atoms with E-state index in [9.17, 15) is 0 Å². The molecule has 0 amide bonds. The van der Waals surface area contributed by atoms with Gasteiger partial charge in [0.05, 0.1) is 9.88 Å². The maximum absolute atomic E-state index is 5.86. The van der Waals surface area contributed by atoms with Crippen LogP contribution in [0.25, 0.3) is 26.2 Å². The van der Waals surface area contributed by atoms with E-state index >= 15 is 0 Å². The van der Waals surface area contributed by atoms with E-state index < -0.39 is 0 Å². The molecule has 0 aliphatic rings. The molecule has 104 valence electrons. The fourth-order valence-corrected chi connectivity index (χ4v) is 4.02. The Morgan fingerprint density at radius 1 is 1.24 bits per heavy atom. The van der Waals surface area contributed by atoms with Crippen molar-refractivity contribution in [3.8, 4) is 21.3 Å². The number of nitrogens with zero attached hydrogens (tertiary/aromatic N) is 5. The summed E-state index contributed by atoms with van der Waals surface area (Å²) in [7, 11) is 0. The predicted octanol–water partition coefficient (Wildman–Crippen LogP) is 2.87. The number of nitrogen functional groups attached to an aromatic ring is 1. The minimum absolute atomic E-state index is 0.697. The number of aromatic nitrogens is 5. The first-order valence-electron chi connectivity index (χ1n) is 6.21. The smallest absolute Gasteiger partial charge is 0.235 e. The Kier molecular flexibility index (Phi) is 2.72. The molecular weight excluding hydrogens is 304 g/mol. The van der Waals surface area contributed by atoms with Crippen LogP contribution in [-0.2, 0) is 0 Å². The van der Waals surface area contributed by atoms with Gasteiger partial charge < -0.3 is 5.73 Å². The average molecular weight is 314 g/mol. The van der Waals surface area contributed by atoms with Crippen molar-refractivity contribution in [3.05, 3.63) is 36.2 Å². The Morgan fingerprint density at radius 2 is 2.14 bits per heavy atom. The van der Waals surface area contributed by atoms with E-state index in [-0.39, 0.29) is 0 Å². The van der Waals surface area contributed by atoms with Gasteiger partial charge in [0.2, 0.25) is 4.96 Å². The molecule has 0 aliphatic heterocycles. The summed E-state index contributed by atoms with van der Waals surface area (Å²) >= 11 is 3.05. The molecule has 0 fully saturated rings. The van der Waals surface area contributed by atoms with Gasteiger partial charge in [0.15, 0.2) is 10.8 Å². The molecule has 0 radical (unpaired) electrons. The number of rotatable bonds is 2. The fraction of sp³-hybridized carbons (Fsp3) is 0.0769. The molecule has 0 atom stereocenters. The normalized spacial score (nSPS) is 11.3. The lowest BCUT2D eigenvalue weighted by Crippen LogP contribution is -1.91. The van der Waals surface area contributed by atoms with Crippen molar-refractivity contribution in [2.45, 2.75) is 6.92 Å². The molecule has 4 aromatic rings. The highest BCUT2D eigenvalue weighted by Gasteiger charge is 2.16. The van der Waals surface area contributed by atoms with E-state index in [4.69, 9.17) is 5.73 Å². The van der Waals surface area contributed by atoms with Crippen LogP contribution in [-0.4, -0.2) is 24.8 Å². The Balaban J connectivity index is 1.88. The van der Waals surface area contributed by atoms with Gasteiger partial charge in [-0.15, -0.1) is 21.5 Å². The van der Waals surface area contributed by atoms with Crippen LogP contribution < -0.4 is 5.73 Å². The van der Waals surface area contributed by atoms with Crippen LogP contribution in [0.15, 0.2) is 30.6 Å². The highest BCUT2D eigenvalue weighted by atomic mass is 32.1. The lowest BCUT2D eigenvalue weighted by atomic mass is 10.3. The third-order valence-electron chi connectivity index (χ3n) is 3.04. The maximum Gasteiger partial charge on any atom is 0.235 e. The predicted molar refractivity (Wildman–Crippen MR) is 84.4 cm³/mol. The standard InChI is InChI=1S/C13H10N6S2/c1-7-5-9(14)20-10(7)12-18-19-11(16-17-13(19)21-12)8-3-2-4-15-6-8/h2-6H,14H2,1H3. The van der Waals surface area contributed by atoms with Gasteiger partial charge in [-0.1, -0.05) is 11.3 Å². The number of thiophene rings is 1. The third kappa shape index (κ3) is 1.99. The highest BCUT2D eigenvalue weighted by Crippen LogP contribution is 2.36. The molecule has 0 aliphatic carbocycles. The summed E-state index contributed by atoms with van der Waals surface area (Å²) in [5, 5.41) is 14.7. The topological polar surface area (TPSA) is 82.0 Å². The van der Waals surface area contributed by atoms with Crippen molar-refractivity contribution in [1.29, 1.82) is 0 Å². The number of anilines is 1. The van der Waals surface area contributed by atoms with E-state index in [1.165, 1.54) is 22.7 Å². The van der Waals surface area contributed by atoms with Crippen LogP contribution in [0.5, 0.6) is 0 Å². The average Bonchev–Trinajstić information content (AvgIpc) is 3.13. The molecule has 4 rings (SSSR count). The minimum atomic E-state index is 0.697. The first-order chi connectivity index (χ1) is 10.2. The summed E-state index contributed by atoms with van der Waals surface area (Å²) in [5.74, 6) is 0.697. The van der Waals surface area contributed by atoms with Gasteiger partial charge in [-0.25, -0.2) is 0 Å². The highest BCUT2D eigenvalue weighted by molar-refractivity contribution is 7.25. The number of hydrogen-bond donors (Lipinski definition) is 1. The van der Waals surface area contributed by atoms with Crippen LogP contribution in [0, 0.1) is 6.92 Å². The molecular formula is C13H10N6S2. The van der Waals surface area contributed by atoms with Crippen molar-refractivity contribution in [1.82, 2.24) is 24.8 Å². The summed E-state index contributed by atoms with van der Waals surface area (Å²) < 4.78 is 1.76. The molecule has 0 bridgehead atoms. The van der Waals surface area contributed by atoms with Crippen LogP contribution >= 0.6 is 22.7 Å². The number of fused-ring (bicyclic) bond motifs is 1. The minimum Gasteiger partial charge on any atom is -0.391 e. The zero-order valence-electron chi connectivity index (χ0n) is 11.0. The molecule has 2 N–H and O–H groups in total. The van der Waals surface area contributed by atoms with Crippen LogP contribution in [0.4, 0.5) is 5.00 Å². The maximum atomic E-state index is 5.86. The van der Waals surface area contributed by atoms with Crippen molar-refractivity contribution < 1.29 is 0 Å². The summed E-state index contributed by atoms with van der Waals surface area (Å²) in [6.45, 7) is 2.03.